The Hall–Kier alpha value is -3.03. The molecule has 7 nitrogen and oxygen atoms in total. The number of benzene rings is 1. The molecule has 0 saturated heterocycles. The van der Waals surface area contributed by atoms with Crippen LogP contribution in [0.5, 0.6) is 5.75 Å². The zero-order valence-corrected chi connectivity index (χ0v) is 20.1. The summed E-state index contributed by atoms with van der Waals surface area (Å²) in [5, 5.41) is 3.08. The van der Waals surface area contributed by atoms with Gasteiger partial charge in [0.15, 0.2) is 11.6 Å². The van der Waals surface area contributed by atoms with Gasteiger partial charge in [-0.05, 0) is 86.3 Å². The van der Waals surface area contributed by atoms with E-state index in [0.717, 1.165) is 29.0 Å². The Morgan fingerprint density at radius 1 is 1.14 bits per heavy atom. The largest absolute Gasteiger partial charge is 0.494 e. The molecule has 7 rings (SSSR count). The number of nitrogens with zero attached hydrogens (tertiary/aromatic N) is 3. The van der Waals surface area contributed by atoms with Gasteiger partial charge in [0, 0.05) is 24.1 Å². The smallest absolute Gasteiger partial charge is 0.254 e. The summed E-state index contributed by atoms with van der Waals surface area (Å²) in [6, 6.07) is 4.22. The standard InChI is InChI=1S/C27H31FN4O3/c1-35-23-3-2-19(9-21(23)28)26(34)32-5-4-20-22(14-32)29-15-30-25(20)31-24(33)13-27-10-16-6-17(11-27)8-18(7-16)12-27/h2-3,9,15-18H,4-8,10-14H2,1H3,(H,29,30,31,33). The van der Waals surface area contributed by atoms with Crippen LogP contribution in [0.4, 0.5) is 10.2 Å². The van der Waals surface area contributed by atoms with Crippen LogP contribution in [0, 0.1) is 29.0 Å². The van der Waals surface area contributed by atoms with E-state index in [2.05, 4.69) is 15.3 Å². The van der Waals surface area contributed by atoms with Crippen LogP contribution in [-0.4, -0.2) is 40.3 Å². The number of methoxy groups -OCH3 is 1. The van der Waals surface area contributed by atoms with Crippen molar-refractivity contribution in [3.63, 3.8) is 0 Å². The molecule has 0 atom stereocenters. The van der Waals surface area contributed by atoms with Gasteiger partial charge in [-0.15, -0.1) is 0 Å². The number of carbonyl (C=O) groups is 2. The van der Waals surface area contributed by atoms with Gasteiger partial charge in [-0.25, -0.2) is 14.4 Å². The number of aromatic nitrogens is 2. The number of ether oxygens (including phenoxy) is 1. The second-order valence-electron chi connectivity index (χ2n) is 11.1. The van der Waals surface area contributed by atoms with Crippen molar-refractivity contribution in [1.82, 2.24) is 14.9 Å². The van der Waals surface area contributed by atoms with Gasteiger partial charge in [-0.2, -0.15) is 0 Å². The topological polar surface area (TPSA) is 84.4 Å². The molecular weight excluding hydrogens is 447 g/mol. The monoisotopic (exact) mass is 478 g/mol. The summed E-state index contributed by atoms with van der Waals surface area (Å²) < 4.78 is 19.0. The van der Waals surface area contributed by atoms with Gasteiger partial charge in [-0.3, -0.25) is 9.59 Å². The third-order valence-corrected chi connectivity index (χ3v) is 8.65. The predicted molar refractivity (Wildman–Crippen MR) is 127 cm³/mol. The van der Waals surface area contributed by atoms with Gasteiger partial charge >= 0.3 is 0 Å². The van der Waals surface area contributed by atoms with Gasteiger partial charge in [-0.1, -0.05) is 0 Å². The Bertz CT molecular complexity index is 1150. The van der Waals surface area contributed by atoms with Crippen LogP contribution < -0.4 is 10.1 Å². The molecule has 2 aromatic rings. The Morgan fingerprint density at radius 2 is 1.86 bits per heavy atom. The third-order valence-electron chi connectivity index (χ3n) is 8.65. The fraction of sp³-hybridized carbons (Fsp3) is 0.556. The van der Waals surface area contributed by atoms with Crippen LogP contribution in [0.25, 0.3) is 0 Å². The van der Waals surface area contributed by atoms with E-state index in [0.29, 0.717) is 31.7 Å². The van der Waals surface area contributed by atoms with Gasteiger partial charge in [0.05, 0.1) is 19.3 Å². The molecule has 0 spiro atoms. The van der Waals surface area contributed by atoms with E-state index in [1.54, 1.807) is 11.0 Å². The molecule has 184 valence electrons. The number of anilines is 1. The number of hydrogen-bond donors (Lipinski definition) is 1. The summed E-state index contributed by atoms with van der Waals surface area (Å²) >= 11 is 0. The minimum Gasteiger partial charge on any atom is -0.494 e. The fourth-order valence-corrected chi connectivity index (χ4v) is 7.64. The van der Waals surface area contributed by atoms with Crippen molar-refractivity contribution in [3.05, 3.63) is 47.2 Å². The number of amides is 2. The molecule has 4 saturated carbocycles. The average Bonchev–Trinajstić information content (AvgIpc) is 2.82. The first-order chi connectivity index (χ1) is 16.9. The molecule has 4 aliphatic carbocycles. The molecule has 1 N–H and O–H groups in total. The third kappa shape index (κ3) is 4.17. The normalized spacial score (nSPS) is 28.5. The minimum absolute atomic E-state index is 0.0417. The highest BCUT2D eigenvalue weighted by Crippen LogP contribution is 2.61. The summed E-state index contributed by atoms with van der Waals surface area (Å²) in [5.74, 6) is 2.31. The molecule has 1 aromatic heterocycles. The van der Waals surface area contributed by atoms with E-state index in [9.17, 15) is 14.0 Å². The molecular formula is C27H31FN4O3. The number of carbonyl (C=O) groups excluding carboxylic acids is 2. The molecule has 5 aliphatic rings. The Balaban J connectivity index is 1.14. The van der Waals surface area contributed by atoms with E-state index in [1.165, 1.54) is 64.1 Å². The molecule has 1 aromatic carbocycles. The van der Waals surface area contributed by atoms with E-state index in [4.69, 9.17) is 4.74 Å². The number of rotatable bonds is 5. The number of fused-ring (bicyclic) bond motifs is 1. The van der Waals surface area contributed by atoms with Gasteiger partial charge in [0.2, 0.25) is 5.91 Å². The first kappa shape index (κ1) is 22.4. The fourth-order valence-electron chi connectivity index (χ4n) is 7.64. The Kier molecular flexibility index (Phi) is 5.49. The van der Waals surface area contributed by atoms with E-state index < -0.39 is 5.82 Å². The van der Waals surface area contributed by atoms with Crippen molar-refractivity contribution in [2.45, 2.75) is 57.9 Å². The van der Waals surface area contributed by atoms with Gasteiger partial charge in [0.1, 0.15) is 12.1 Å². The van der Waals surface area contributed by atoms with Crippen LogP contribution >= 0.6 is 0 Å². The van der Waals surface area contributed by atoms with Crippen molar-refractivity contribution in [2.75, 3.05) is 19.0 Å². The highest BCUT2D eigenvalue weighted by molar-refractivity contribution is 5.95. The number of hydrogen-bond acceptors (Lipinski definition) is 5. The minimum atomic E-state index is -0.567. The van der Waals surface area contributed by atoms with Crippen LogP contribution in [0.3, 0.4) is 0 Å². The van der Waals surface area contributed by atoms with Crippen LogP contribution in [0.2, 0.25) is 0 Å². The lowest BCUT2D eigenvalue weighted by Crippen LogP contribution is -2.47. The number of halogens is 1. The molecule has 2 heterocycles. The molecule has 0 radical (unpaired) electrons. The second kappa shape index (κ2) is 8.57. The summed E-state index contributed by atoms with van der Waals surface area (Å²) in [7, 11) is 1.39. The molecule has 0 unspecified atom stereocenters. The Labute approximate surface area is 204 Å². The highest BCUT2D eigenvalue weighted by Gasteiger charge is 2.51. The van der Waals surface area contributed by atoms with Crippen molar-refractivity contribution in [1.29, 1.82) is 0 Å². The lowest BCUT2D eigenvalue weighted by molar-refractivity contribution is -0.124. The van der Waals surface area contributed by atoms with Crippen LogP contribution in [0.15, 0.2) is 24.5 Å². The summed E-state index contributed by atoms with van der Waals surface area (Å²) in [6.07, 6.45) is 10.2. The van der Waals surface area contributed by atoms with Crippen LogP contribution in [0.1, 0.15) is 66.6 Å². The molecule has 35 heavy (non-hydrogen) atoms. The summed E-state index contributed by atoms with van der Waals surface area (Å²) in [5.41, 5.74) is 2.04. The van der Waals surface area contributed by atoms with E-state index in [-0.39, 0.29) is 28.5 Å². The van der Waals surface area contributed by atoms with E-state index in [1.807, 2.05) is 0 Å². The average molecular weight is 479 g/mol. The summed E-state index contributed by atoms with van der Waals surface area (Å²) in [6.45, 7) is 0.743. The lowest BCUT2D eigenvalue weighted by Gasteiger charge is -2.56. The van der Waals surface area contributed by atoms with Crippen molar-refractivity contribution in [3.8, 4) is 5.75 Å². The maximum absolute atomic E-state index is 14.1. The van der Waals surface area contributed by atoms with Crippen molar-refractivity contribution < 1.29 is 18.7 Å². The predicted octanol–water partition coefficient (Wildman–Crippen LogP) is 4.37. The maximum atomic E-state index is 14.1. The lowest BCUT2D eigenvalue weighted by atomic mass is 9.49. The highest BCUT2D eigenvalue weighted by atomic mass is 19.1. The van der Waals surface area contributed by atoms with Gasteiger partial charge in [0.25, 0.3) is 5.91 Å². The van der Waals surface area contributed by atoms with Crippen molar-refractivity contribution >= 4 is 17.6 Å². The SMILES string of the molecule is COc1ccc(C(=O)N2CCc3c(ncnc3NC(=O)CC34CC5CC(CC(C5)C3)C4)C2)cc1F. The van der Waals surface area contributed by atoms with E-state index >= 15 is 0 Å². The molecule has 4 bridgehead atoms. The quantitative estimate of drug-likeness (QED) is 0.690. The van der Waals surface area contributed by atoms with Crippen LogP contribution in [-0.2, 0) is 17.8 Å². The Morgan fingerprint density at radius 3 is 2.51 bits per heavy atom. The zero-order valence-electron chi connectivity index (χ0n) is 20.1. The first-order valence-corrected chi connectivity index (χ1v) is 12.7. The molecule has 2 amide bonds. The molecule has 1 aliphatic heterocycles. The summed E-state index contributed by atoms with van der Waals surface area (Å²) in [4.78, 5) is 36.5. The maximum Gasteiger partial charge on any atom is 0.254 e. The van der Waals surface area contributed by atoms with Crippen molar-refractivity contribution in [2.24, 2.45) is 23.2 Å². The zero-order chi connectivity index (χ0) is 24.2. The molecule has 8 heteroatoms. The second-order valence-corrected chi connectivity index (χ2v) is 11.1. The first-order valence-electron chi connectivity index (χ1n) is 12.7. The number of nitrogens with one attached hydrogen (secondary N) is 1. The van der Waals surface area contributed by atoms with Gasteiger partial charge < -0.3 is 15.0 Å². The molecule has 4 fully saturated rings.